The van der Waals surface area contributed by atoms with Crippen molar-refractivity contribution in [3.8, 4) is 0 Å². The fourth-order valence-electron chi connectivity index (χ4n) is 3.17. The molecule has 1 fully saturated rings. The molecule has 1 aliphatic heterocycles. The van der Waals surface area contributed by atoms with Crippen LogP contribution in [0.25, 0.3) is 0 Å². The molecule has 2 amide bonds. The molecule has 1 heterocycles. The van der Waals surface area contributed by atoms with Gasteiger partial charge in [-0.2, -0.15) is 0 Å². The van der Waals surface area contributed by atoms with E-state index in [2.05, 4.69) is 0 Å². The number of alkyl halides is 1. The zero-order valence-corrected chi connectivity index (χ0v) is 15.5. The Morgan fingerprint density at radius 3 is 2.56 bits per heavy atom. The van der Waals surface area contributed by atoms with Crippen molar-refractivity contribution < 1.29 is 18.7 Å². The van der Waals surface area contributed by atoms with E-state index in [9.17, 15) is 14.0 Å². The average molecular weight is 370 g/mol. The Labute approximate surface area is 158 Å². The second-order valence-electron chi connectivity index (χ2n) is 6.73. The van der Waals surface area contributed by atoms with Crippen LogP contribution in [0.15, 0.2) is 48.5 Å². The lowest BCUT2D eigenvalue weighted by molar-refractivity contribution is 0.0600. The zero-order valence-electron chi connectivity index (χ0n) is 15.5. The highest BCUT2D eigenvalue weighted by atomic mass is 19.1. The molecule has 1 atom stereocenters. The quantitative estimate of drug-likeness (QED) is 0.766. The van der Waals surface area contributed by atoms with Gasteiger partial charge in [0.2, 0.25) is 0 Å². The van der Waals surface area contributed by atoms with Gasteiger partial charge >= 0.3 is 12.0 Å². The minimum atomic E-state index is -0.965. The normalized spacial score (nSPS) is 16.3. The molecule has 142 valence electrons. The van der Waals surface area contributed by atoms with Crippen molar-refractivity contribution in [2.75, 3.05) is 25.1 Å². The van der Waals surface area contributed by atoms with Crippen LogP contribution < -0.4 is 4.90 Å². The fraction of sp³-hybridized carbons (Fsp3) is 0.333. The molecule has 0 aliphatic carbocycles. The monoisotopic (exact) mass is 370 g/mol. The number of likely N-dealkylation sites (tertiary alicyclic amines) is 1. The van der Waals surface area contributed by atoms with Gasteiger partial charge in [-0.25, -0.2) is 14.0 Å². The van der Waals surface area contributed by atoms with Gasteiger partial charge in [0.1, 0.15) is 6.17 Å². The van der Waals surface area contributed by atoms with E-state index in [-0.39, 0.29) is 12.6 Å². The van der Waals surface area contributed by atoms with Crippen molar-refractivity contribution in [2.24, 2.45) is 0 Å². The molecule has 5 nitrogen and oxygen atoms in total. The summed E-state index contributed by atoms with van der Waals surface area (Å²) in [5.74, 6) is -0.403. The molecule has 1 aliphatic rings. The Morgan fingerprint density at radius 1 is 1.22 bits per heavy atom. The van der Waals surface area contributed by atoms with Gasteiger partial charge in [-0.1, -0.05) is 24.3 Å². The molecule has 1 saturated heterocycles. The van der Waals surface area contributed by atoms with Crippen molar-refractivity contribution in [3.63, 3.8) is 0 Å². The molecule has 0 bridgehead atoms. The van der Waals surface area contributed by atoms with E-state index >= 15 is 0 Å². The van der Waals surface area contributed by atoms with Crippen LogP contribution in [0.3, 0.4) is 0 Å². The predicted octanol–water partition coefficient (Wildman–Crippen LogP) is 3.95. The van der Waals surface area contributed by atoms with Crippen LogP contribution in [0.1, 0.15) is 27.9 Å². The summed E-state index contributed by atoms with van der Waals surface area (Å²) in [6.45, 7) is 2.84. The highest BCUT2D eigenvalue weighted by Gasteiger charge is 2.30. The summed E-state index contributed by atoms with van der Waals surface area (Å²) in [7, 11) is 1.34. The number of hydrogen-bond acceptors (Lipinski definition) is 3. The first-order valence-electron chi connectivity index (χ1n) is 8.92. The largest absolute Gasteiger partial charge is 0.465 e. The number of carbonyl (C=O) groups is 2. The van der Waals surface area contributed by atoms with Gasteiger partial charge in [0.25, 0.3) is 0 Å². The van der Waals surface area contributed by atoms with Gasteiger partial charge in [-0.3, -0.25) is 4.90 Å². The minimum absolute atomic E-state index is 0.127. The average Bonchev–Trinajstić information content (AvgIpc) is 3.12. The predicted molar refractivity (Wildman–Crippen MR) is 102 cm³/mol. The summed E-state index contributed by atoms with van der Waals surface area (Å²) in [4.78, 5) is 27.8. The molecular weight excluding hydrogens is 347 g/mol. The summed E-state index contributed by atoms with van der Waals surface area (Å²) in [6.07, 6.45) is -0.589. The molecule has 2 aromatic rings. The van der Waals surface area contributed by atoms with E-state index in [1.54, 1.807) is 34.1 Å². The smallest absolute Gasteiger partial charge is 0.337 e. The molecule has 0 spiro atoms. The van der Waals surface area contributed by atoms with E-state index in [0.717, 1.165) is 16.8 Å². The Morgan fingerprint density at radius 2 is 1.96 bits per heavy atom. The Kier molecular flexibility index (Phi) is 5.74. The van der Waals surface area contributed by atoms with Gasteiger partial charge in [-0.05, 0) is 48.7 Å². The Bertz CT molecular complexity index is 822. The number of anilines is 1. The molecule has 0 aromatic heterocycles. The molecule has 6 heteroatoms. The van der Waals surface area contributed by atoms with Crippen molar-refractivity contribution in [3.05, 3.63) is 65.2 Å². The van der Waals surface area contributed by atoms with Crippen LogP contribution in [-0.4, -0.2) is 43.3 Å². The maximum atomic E-state index is 13.6. The number of rotatable bonds is 4. The number of carbonyl (C=O) groups excluding carboxylic acids is 2. The van der Waals surface area contributed by atoms with E-state index in [1.165, 1.54) is 7.11 Å². The Hall–Kier alpha value is -2.89. The molecule has 0 saturated carbocycles. The molecule has 3 rings (SSSR count). The van der Waals surface area contributed by atoms with Crippen LogP contribution in [0, 0.1) is 6.92 Å². The third-order valence-electron chi connectivity index (χ3n) is 4.66. The molecule has 0 unspecified atom stereocenters. The van der Waals surface area contributed by atoms with Crippen LogP contribution in [0.5, 0.6) is 0 Å². The first kappa shape index (κ1) is 18.9. The summed E-state index contributed by atoms with van der Waals surface area (Å²) in [5.41, 5.74) is 3.12. The summed E-state index contributed by atoms with van der Waals surface area (Å²) in [5, 5.41) is 0. The van der Waals surface area contributed by atoms with Crippen LogP contribution in [0.2, 0.25) is 0 Å². The molecule has 0 radical (unpaired) electrons. The van der Waals surface area contributed by atoms with Crippen molar-refractivity contribution in [1.82, 2.24) is 4.90 Å². The fourth-order valence-corrected chi connectivity index (χ4v) is 3.17. The maximum absolute atomic E-state index is 13.6. The van der Waals surface area contributed by atoms with E-state index < -0.39 is 12.1 Å². The number of methoxy groups -OCH3 is 1. The highest BCUT2D eigenvalue weighted by molar-refractivity contribution is 5.92. The van der Waals surface area contributed by atoms with Gasteiger partial charge < -0.3 is 9.64 Å². The number of nitrogens with zero attached hydrogens (tertiary/aromatic N) is 2. The topological polar surface area (TPSA) is 49.9 Å². The number of esters is 1. The lowest BCUT2D eigenvalue weighted by atomic mass is 10.1. The highest BCUT2D eigenvalue weighted by Crippen LogP contribution is 2.23. The van der Waals surface area contributed by atoms with E-state index in [1.807, 2.05) is 31.2 Å². The third kappa shape index (κ3) is 4.45. The second kappa shape index (κ2) is 8.20. The van der Waals surface area contributed by atoms with Crippen molar-refractivity contribution in [1.29, 1.82) is 0 Å². The van der Waals surface area contributed by atoms with Crippen LogP contribution in [0.4, 0.5) is 14.9 Å². The molecule has 2 aromatic carbocycles. The standard InChI is InChI=1S/C21H23FN2O3/c1-15-4-3-5-19(12-15)24(21(26)23-11-10-18(22)14-23)13-16-6-8-17(9-7-16)20(25)27-2/h3-9,12,18H,10-11,13-14H2,1-2H3/t18-/m0/s1. The summed E-state index contributed by atoms with van der Waals surface area (Å²) in [6, 6.07) is 14.4. The third-order valence-corrected chi connectivity index (χ3v) is 4.66. The second-order valence-corrected chi connectivity index (χ2v) is 6.73. The lowest BCUT2D eigenvalue weighted by Gasteiger charge is -2.28. The Balaban J connectivity index is 1.85. The van der Waals surface area contributed by atoms with Crippen molar-refractivity contribution >= 4 is 17.7 Å². The van der Waals surface area contributed by atoms with Gasteiger partial charge in [0, 0.05) is 12.2 Å². The molecular formula is C21H23FN2O3. The lowest BCUT2D eigenvalue weighted by Crippen LogP contribution is -2.42. The number of halogens is 1. The number of amides is 2. The number of urea groups is 1. The van der Waals surface area contributed by atoms with Gasteiger partial charge in [0.15, 0.2) is 0 Å². The number of hydrogen-bond donors (Lipinski definition) is 0. The minimum Gasteiger partial charge on any atom is -0.465 e. The molecule has 0 N–H and O–H groups in total. The number of ether oxygens (including phenoxy) is 1. The van der Waals surface area contributed by atoms with Gasteiger partial charge in [-0.15, -0.1) is 0 Å². The van der Waals surface area contributed by atoms with E-state index in [4.69, 9.17) is 4.74 Å². The summed E-state index contributed by atoms with van der Waals surface area (Å²) < 4.78 is 18.3. The number of aryl methyl sites for hydroxylation is 1. The number of benzene rings is 2. The van der Waals surface area contributed by atoms with Crippen LogP contribution in [-0.2, 0) is 11.3 Å². The summed E-state index contributed by atoms with van der Waals surface area (Å²) >= 11 is 0. The first-order valence-corrected chi connectivity index (χ1v) is 8.92. The zero-order chi connectivity index (χ0) is 19.4. The maximum Gasteiger partial charge on any atom is 0.337 e. The SMILES string of the molecule is COC(=O)c1ccc(CN(C(=O)N2CC[C@H](F)C2)c2cccc(C)c2)cc1. The van der Waals surface area contributed by atoms with Crippen molar-refractivity contribution in [2.45, 2.75) is 26.1 Å². The van der Waals surface area contributed by atoms with E-state index in [0.29, 0.717) is 25.1 Å². The van der Waals surface area contributed by atoms with Gasteiger partial charge in [0.05, 0.1) is 25.8 Å². The van der Waals surface area contributed by atoms with Crippen LogP contribution >= 0.6 is 0 Å². The first-order chi connectivity index (χ1) is 13.0. The molecule has 27 heavy (non-hydrogen) atoms.